The van der Waals surface area contributed by atoms with Gasteiger partial charge in [0.05, 0.1) is 11.8 Å². The molecule has 88 valence electrons. The van der Waals surface area contributed by atoms with E-state index in [9.17, 15) is 9.90 Å². The molecule has 0 fully saturated rings. The minimum atomic E-state index is -0.334. The van der Waals surface area contributed by atoms with E-state index in [1.165, 1.54) is 18.2 Å². The number of aromatic amines is 1. The average molecular weight is 232 g/mol. The lowest BCUT2D eigenvalue weighted by Crippen LogP contribution is -2.23. The van der Waals surface area contributed by atoms with E-state index in [0.29, 0.717) is 12.2 Å². The molecule has 1 aromatic carbocycles. The molecule has 0 atom stereocenters. The van der Waals surface area contributed by atoms with Crippen molar-refractivity contribution in [2.24, 2.45) is 0 Å². The quantitative estimate of drug-likeness (QED) is 0.460. The van der Waals surface area contributed by atoms with Gasteiger partial charge in [-0.25, -0.2) is 0 Å². The predicted octanol–water partition coefficient (Wildman–Crippen LogP) is 0.628. The van der Waals surface area contributed by atoms with Crippen molar-refractivity contribution in [2.75, 3.05) is 5.73 Å². The summed E-state index contributed by atoms with van der Waals surface area (Å²) in [7, 11) is 0. The van der Waals surface area contributed by atoms with E-state index >= 15 is 0 Å². The van der Waals surface area contributed by atoms with Gasteiger partial charge in [-0.2, -0.15) is 5.10 Å². The van der Waals surface area contributed by atoms with E-state index in [0.717, 1.165) is 5.56 Å². The molecule has 6 nitrogen and oxygen atoms in total. The number of phenols is 1. The lowest BCUT2D eigenvalue weighted by atomic mass is 10.1. The number of carbonyl (C=O) groups is 1. The number of aromatic nitrogens is 2. The zero-order valence-electron chi connectivity index (χ0n) is 8.97. The maximum Gasteiger partial charge on any atom is 0.253 e. The molecule has 0 bridgehead atoms. The molecule has 5 N–H and O–H groups in total. The van der Waals surface area contributed by atoms with Crippen LogP contribution in [0.15, 0.2) is 30.6 Å². The Morgan fingerprint density at radius 3 is 3.06 bits per heavy atom. The van der Waals surface area contributed by atoms with Crippen LogP contribution in [0.25, 0.3) is 0 Å². The Kier molecular flexibility index (Phi) is 2.95. The van der Waals surface area contributed by atoms with E-state index in [-0.39, 0.29) is 17.2 Å². The van der Waals surface area contributed by atoms with Gasteiger partial charge >= 0.3 is 0 Å². The predicted molar refractivity (Wildman–Crippen MR) is 62.3 cm³/mol. The smallest absolute Gasteiger partial charge is 0.253 e. The third-order valence-corrected chi connectivity index (χ3v) is 2.29. The fourth-order valence-corrected chi connectivity index (χ4v) is 1.39. The number of amides is 1. The number of carbonyl (C=O) groups excluding carboxylic acids is 1. The third-order valence-electron chi connectivity index (χ3n) is 2.29. The van der Waals surface area contributed by atoms with Crippen LogP contribution in [0.4, 0.5) is 5.69 Å². The van der Waals surface area contributed by atoms with E-state index in [2.05, 4.69) is 15.5 Å². The summed E-state index contributed by atoms with van der Waals surface area (Å²) < 4.78 is 0. The number of nitrogen functional groups attached to an aromatic ring is 1. The lowest BCUT2D eigenvalue weighted by molar-refractivity contribution is 0.0951. The lowest BCUT2D eigenvalue weighted by Gasteiger charge is -2.06. The molecule has 0 saturated heterocycles. The molecule has 17 heavy (non-hydrogen) atoms. The average Bonchev–Trinajstić information content (AvgIpc) is 2.82. The molecule has 0 radical (unpaired) electrons. The van der Waals surface area contributed by atoms with Crippen LogP contribution in [0.2, 0.25) is 0 Å². The van der Waals surface area contributed by atoms with Gasteiger partial charge in [0.1, 0.15) is 5.75 Å². The van der Waals surface area contributed by atoms with Gasteiger partial charge in [0.25, 0.3) is 5.91 Å². The first-order valence-electron chi connectivity index (χ1n) is 5.01. The Morgan fingerprint density at radius 2 is 2.35 bits per heavy atom. The summed E-state index contributed by atoms with van der Waals surface area (Å²) in [5.74, 6) is -0.327. The first-order chi connectivity index (χ1) is 8.16. The molecule has 0 aliphatic carbocycles. The molecule has 0 unspecified atom stereocenters. The van der Waals surface area contributed by atoms with Crippen LogP contribution in [0.1, 0.15) is 15.9 Å². The van der Waals surface area contributed by atoms with Crippen molar-refractivity contribution in [1.82, 2.24) is 15.5 Å². The first-order valence-corrected chi connectivity index (χ1v) is 5.01. The number of phenolic OH excluding ortho intramolecular Hbond substituents is 1. The van der Waals surface area contributed by atoms with Gasteiger partial charge in [-0.05, 0) is 18.2 Å². The molecule has 0 spiro atoms. The molecule has 1 amide bonds. The Bertz CT molecular complexity index is 522. The van der Waals surface area contributed by atoms with Crippen LogP contribution in [-0.4, -0.2) is 21.2 Å². The van der Waals surface area contributed by atoms with Crippen molar-refractivity contribution in [3.63, 3.8) is 0 Å². The highest BCUT2D eigenvalue weighted by molar-refractivity contribution is 5.99. The molecule has 0 saturated carbocycles. The van der Waals surface area contributed by atoms with Crippen molar-refractivity contribution in [3.05, 3.63) is 41.7 Å². The Hall–Kier alpha value is -2.50. The van der Waals surface area contributed by atoms with Crippen molar-refractivity contribution < 1.29 is 9.90 Å². The van der Waals surface area contributed by atoms with Gasteiger partial charge in [-0.3, -0.25) is 9.89 Å². The highest BCUT2D eigenvalue weighted by Crippen LogP contribution is 2.18. The van der Waals surface area contributed by atoms with Crippen molar-refractivity contribution in [3.8, 4) is 5.75 Å². The first kappa shape index (κ1) is 11.0. The summed E-state index contributed by atoms with van der Waals surface area (Å²) in [6, 6.07) is 4.25. The van der Waals surface area contributed by atoms with Crippen LogP contribution in [0, 0.1) is 0 Å². The fraction of sp³-hybridized carbons (Fsp3) is 0.0909. The van der Waals surface area contributed by atoms with Crippen LogP contribution in [0.3, 0.4) is 0 Å². The zero-order valence-corrected chi connectivity index (χ0v) is 8.97. The Morgan fingerprint density at radius 1 is 1.53 bits per heavy atom. The number of rotatable bonds is 3. The second-order valence-corrected chi connectivity index (χ2v) is 3.56. The fourth-order valence-electron chi connectivity index (χ4n) is 1.39. The second kappa shape index (κ2) is 4.56. The maximum atomic E-state index is 11.8. The minimum Gasteiger partial charge on any atom is -0.508 e. The van der Waals surface area contributed by atoms with E-state index < -0.39 is 0 Å². The number of nitrogens with zero attached hydrogens (tertiary/aromatic N) is 1. The van der Waals surface area contributed by atoms with E-state index in [4.69, 9.17) is 5.73 Å². The molecule has 2 rings (SSSR count). The van der Waals surface area contributed by atoms with Gasteiger partial charge in [0, 0.05) is 24.0 Å². The number of benzene rings is 1. The zero-order chi connectivity index (χ0) is 12.3. The minimum absolute atomic E-state index is 0.00709. The number of hydrogen-bond donors (Lipinski definition) is 4. The monoisotopic (exact) mass is 232 g/mol. The van der Waals surface area contributed by atoms with Crippen LogP contribution < -0.4 is 11.1 Å². The molecule has 0 aliphatic heterocycles. The summed E-state index contributed by atoms with van der Waals surface area (Å²) in [5.41, 5.74) is 7.09. The molecule has 1 aromatic heterocycles. The largest absolute Gasteiger partial charge is 0.508 e. The number of anilines is 1. The van der Waals surface area contributed by atoms with Crippen molar-refractivity contribution >= 4 is 11.6 Å². The standard InChI is InChI=1S/C11H12N4O2/c12-10-2-1-8(16)3-9(10)11(17)13-4-7-5-14-15-6-7/h1-3,5-6,16H,4,12H2,(H,13,17)(H,14,15). The van der Waals surface area contributed by atoms with Gasteiger partial charge in [0.15, 0.2) is 0 Å². The summed E-state index contributed by atoms with van der Waals surface area (Å²) in [6.07, 6.45) is 3.30. The molecular weight excluding hydrogens is 220 g/mol. The van der Waals surface area contributed by atoms with E-state index in [1.807, 2.05) is 0 Å². The molecule has 0 aliphatic rings. The second-order valence-electron chi connectivity index (χ2n) is 3.56. The van der Waals surface area contributed by atoms with Crippen LogP contribution in [-0.2, 0) is 6.54 Å². The summed E-state index contributed by atoms with van der Waals surface area (Å²) in [5, 5.41) is 18.4. The van der Waals surface area contributed by atoms with Gasteiger partial charge in [0.2, 0.25) is 0 Å². The number of hydrogen-bond acceptors (Lipinski definition) is 4. The normalized spacial score (nSPS) is 10.1. The van der Waals surface area contributed by atoms with Crippen molar-refractivity contribution in [2.45, 2.75) is 6.54 Å². The number of nitrogens with two attached hydrogens (primary N) is 1. The molecule has 1 heterocycles. The van der Waals surface area contributed by atoms with Crippen LogP contribution in [0.5, 0.6) is 5.75 Å². The molecule has 2 aromatic rings. The summed E-state index contributed by atoms with van der Waals surface area (Å²) in [4.78, 5) is 11.8. The SMILES string of the molecule is Nc1ccc(O)cc1C(=O)NCc1cn[nH]c1. The number of nitrogens with one attached hydrogen (secondary N) is 2. The van der Waals surface area contributed by atoms with E-state index in [1.54, 1.807) is 12.4 Å². The van der Waals surface area contributed by atoms with Gasteiger partial charge in [-0.1, -0.05) is 0 Å². The highest BCUT2D eigenvalue weighted by Gasteiger charge is 2.10. The van der Waals surface area contributed by atoms with Crippen molar-refractivity contribution in [1.29, 1.82) is 0 Å². The topological polar surface area (TPSA) is 104 Å². The van der Waals surface area contributed by atoms with Gasteiger partial charge in [-0.15, -0.1) is 0 Å². The summed E-state index contributed by atoms with van der Waals surface area (Å²) in [6.45, 7) is 0.352. The highest BCUT2D eigenvalue weighted by atomic mass is 16.3. The number of aromatic hydroxyl groups is 1. The summed E-state index contributed by atoms with van der Waals surface area (Å²) >= 11 is 0. The third kappa shape index (κ3) is 2.54. The Balaban J connectivity index is 2.07. The van der Waals surface area contributed by atoms with Gasteiger partial charge < -0.3 is 16.2 Å². The molecular formula is C11H12N4O2. The van der Waals surface area contributed by atoms with Crippen LogP contribution >= 0.6 is 0 Å². The molecule has 6 heteroatoms. The maximum absolute atomic E-state index is 11.8. The number of H-pyrrole nitrogens is 1. The Labute approximate surface area is 97.5 Å².